The summed E-state index contributed by atoms with van der Waals surface area (Å²) in [7, 11) is 0. The van der Waals surface area contributed by atoms with Crippen molar-refractivity contribution < 1.29 is 13.9 Å². The molecule has 0 spiro atoms. The lowest BCUT2D eigenvalue weighted by molar-refractivity contribution is -0.132. The van der Waals surface area contributed by atoms with Gasteiger partial charge < -0.3 is 19.4 Å². The monoisotopic (exact) mass is 427 g/mol. The number of hydrogen-bond acceptors (Lipinski definition) is 4. The zero-order chi connectivity index (χ0) is 20.9. The average Bonchev–Trinajstić information content (AvgIpc) is 3.33. The van der Waals surface area contributed by atoms with Gasteiger partial charge in [0.25, 0.3) is 5.91 Å². The van der Waals surface area contributed by atoms with Crippen molar-refractivity contribution in [3.05, 3.63) is 59.9 Å². The number of ether oxygens (including phenoxy) is 1. The summed E-state index contributed by atoms with van der Waals surface area (Å²) >= 11 is 5.68. The van der Waals surface area contributed by atoms with E-state index in [2.05, 4.69) is 9.80 Å². The van der Waals surface area contributed by atoms with E-state index in [9.17, 15) is 9.18 Å². The number of carbonyl (C=O) groups is 1. The highest BCUT2D eigenvalue weighted by Gasteiger charge is 2.22. The number of benzene rings is 2. The van der Waals surface area contributed by atoms with Crippen molar-refractivity contribution in [3.8, 4) is 5.75 Å². The maximum atomic E-state index is 14.0. The number of para-hydroxylation sites is 1. The van der Waals surface area contributed by atoms with Gasteiger partial charge in [-0.2, -0.15) is 0 Å². The van der Waals surface area contributed by atoms with Crippen molar-refractivity contribution in [1.29, 1.82) is 0 Å². The third kappa shape index (κ3) is 4.73. The van der Waals surface area contributed by atoms with Crippen molar-refractivity contribution >= 4 is 28.8 Å². The van der Waals surface area contributed by atoms with Crippen LogP contribution < -0.4 is 9.64 Å². The first-order valence-electron chi connectivity index (χ1n) is 10.4. The third-order valence-corrected chi connectivity index (χ3v) is 6.18. The van der Waals surface area contributed by atoms with Gasteiger partial charge in [-0.05, 0) is 49.2 Å². The molecule has 2 aromatic carbocycles. The largest absolute Gasteiger partial charge is 0.484 e. The Kier molecular flexibility index (Phi) is 6.47. The summed E-state index contributed by atoms with van der Waals surface area (Å²) in [4.78, 5) is 18.9. The van der Waals surface area contributed by atoms with Gasteiger partial charge >= 0.3 is 0 Å². The molecule has 4 rings (SSSR count). The standard InChI is InChI=1S/C23H26FN3O2S/c24-20-5-1-2-6-21(20)25-13-15-27(16-14-25)23(30)18-7-9-19(10-8-18)29-17-22(28)26-11-3-4-12-26/h1-2,5-10H,3-4,11-17H2. The zero-order valence-electron chi connectivity index (χ0n) is 16.9. The Morgan fingerprint density at radius 2 is 1.57 bits per heavy atom. The lowest BCUT2D eigenvalue weighted by Crippen LogP contribution is -2.48. The second-order valence-corrected chi connectivity index (χ2v) is 8.02. The van der Waals surface area contributed by atoms with E-state index in [1.807, 2.05) is 41.3 Å². The van der Waals surface area contributed by atoms with Crippen LogP contribution in [0.15, 0.2) is 48.5 Å². The van der Waals surface area contributed by atoms with Crippen LogP contribution in [-0.2, 0) is 4.79 Å². The Hall–Kier alpha value is -2.67. The molecule has 30 heavy (non-hydrogen) atoms. The van der Waals surface area contributed by atoms with E-state index < -0.39 is 0 Å². The molecular formula is C23H26FN3O2S. The van der Waals surface area contributed by atoms with Crippen molar-refractivity contribution in [3.63, 3.8) is 0 Å². The van der Waals surface area contributed by atoms with Crippen molar-refractivity contribution in [2.45, 2.75) is 12.8 Å². The van der Waals surface area contributed by atoms with Crippen LogP contribution in [0.4, 0.5) is 10.1 Å². The predicted molar refractivity (Wildman–Crippen MR) is 120 cm³/mol. The summed E-state index contributed by atoms with van der Waals surface area (Å²) in [5, 5.41) is 0. The van der Waals surface area contributed by atoms with Gasteiger partial charge in [0.15, 0.2) is 6.61 Å². The molecule has 0 aromatic heterocycles. The molecule has 0 saturated carbocycles. The number of amides is 1. The van der Waals surface area contributed by atoms with E-state index in [-0.39, 0.29) is 18.3 Å². The van der Waals surface area contributed by atoms with Gasteiger partial charge in [-0.3, -0.25) is 4.79 Å². The molecule has 2 saturated heterocycles. The highest BCUT2D eigenvalue weighted by atomic mass is 32.1. The lowest BCUT2D eigenvalue weighted by Gasteiger charge is -2.37. The molecule has 5 nitrogen and oxygen atoms in total. The summed E-state index contributed by atoms with van der Waals surface area (Å²) in [5.41, 5.74) is 1.59. The molecule has 2 aromatic rings. The number of carbonyl (C=O) groups excluding carboxylic acids is 1. The summed E-state index contributed by atoms with van der Waals surface area (Å²) in [6, 6.07) is 14.5. The van der Waals surface area contributed by atoms with E-state index in [1.54, 1.807) is 6.07 Å². The van der Waals surface area contributed by atoms with Gasteiger partial charge in [-0.15, -0.1) is 0 Å². The van der Waals surface area contributed by atoms with Crippen molar-refractivity contribution in [1.82, 2.24) is 9.80 Å². The molecule has 0 bridgehead atoms. The van der Waals surface area contributed by atoms with Crippen LogP contribution in [0.3, 0.4) is 0 Å². The fourth-order valence-corrected chi connectivity index (χ4v) is 4.26. The molecule has 2 aliphatic heterocycles. The smallest absolute Gasteiger partial charge is 0.260 e. The summed E-state index contributed by atoms with van der Waals surface area (Å²) < 4.78 is 19.7. The van der Waals surface area contributed by atoms with Crippen LogP contribution in [0.1, 0.15) is 18.4 Å². The quantitative estimate of drug-likeness (QED) is 0.684. The van der Waals surface area contributed by atoms with E-state index in [1.165, 1.54) is 6.07 Å². The number of nitrogens with zero attached hydrogens (tertiary/aromatic N) is 3. The molecule has 2 aliphatic rings. The van der Waals surface area contributed by atoms with E-state index in [0.717, 1.165) is 62.7 Å². The fraction of sp³-hybridized carbons (Fsp3) is 0.391. The minimum atomic E-state index is -0.188. The third-order valence-electron chi connectivity index (χ3n) is 5.68. The Bertz CT molecular complexity index is 892. The first-order valence-corrected chi connectivity index (χ1v) is 10.8. The molecule has 7 heteroatoms. The normalized spacial score (nSPS) is 16.6. The molecule has 0 aliphatic carbocycles. The molecule has 0 N–H and O–H groups in total. The zero-order valence-corrected chi connectivity index (χ0v) is 17.7. The van der Waals surface area contributed by atoms with Crippen LogP contribution in [0.25, 0.3) is 0 Å². The number of piperazine rings is 1. The van der Waals surface area contributed by atoms with Crippen molar-refractivity contribution in [2.24, 2.45) is 0 Å². The second kappa shape index (κ2) is 9.43. The van der Waals surface area contributed by atoms with Crippen molar-refractivity contribution in [2.75, 3.05) is 50.8 Å². The van der Waals surface area contributed by atoms with Gasteiger partial charge in [0.05, 0.1) is 5.69 Å². The summed E-state index contributed by atoms with van der Waals surface area (Å²) in [5.74, 6) is 0.519. The molecule has 2 heterocycles. The SMILES string of the molecule is O=C(COc1ccc(C(=S)N2CCN(c3ccccc3F)CC2)cc1)N1CCCC1. The van der Waals surface area contributed by atoms with E-state index in [4.69, 9.17) is 17.0 Å². The Labute approximate surface area is 182 Å². The maximum Gasteiger partial charge on any atom is 0.260 e. The Morgan fingerprint density at radius 1 is 0.900 bits per heavy atom. The fourth-order valence-electron chi connectivity index (χ4n) is 3.94. The van der Waals surface area contributed by atoms with Crippen LogP contribution >= 0.6 is 12.2 Å². The van der Waals surface area contributed by atoms with Crippen LogP contribution in [0.5, 0.6) is 5.75 Å². The van der Waals surface area contributed by atoms with Crippen LogP contribution in [-0.4, -0.2) is 66.6 Å². The molecule has 0 radical (unpaired) electrons. The van der Waals surface area contributed by atoms with Crippen LogP contribution in [0, 0.1) is 5.82 Å². The molecule has 1 amide bonds. The van der Waals surface area contributed by atoms with Gasteiger partial charge in [-0.1, -0.05) is 24.4 Å². The number of halogens is 1. The average molecular weight is 428 g/mol. The number of likely N-dealkylation sites (tertiary alicyclic amines) is 1. The Morgan fingerprint density at radius 3 is 2.23 bits per heavy atom. The minimum Gasteiger partial charge on any atom is -0.484 e. The van der Waals surface area contributed by atoms with E-state index in [0.29, 0.717) is 11.4 Å². The van der Waals surface area contributed by atoms with Gasteiger partial charge in [0, 0.05) is 44.8 Å². The second-order valence-electron chi connectivity index (χ2n) is 7.63. The molecular weight excluding hydrogens is 401 g/mol. The molecule has 2 fully saturated rings. The molecule has 0 atom stereocenters. The lowest BCUT2D eigenvalue weighted by atomic mass is 10.1. The number of thiocarbonyl (C=S) groups is 1. The van der Waals surface area contributed by atoms with Gasteiger partial charge in [0.1, 0.15) is 16.6 Å². The van der Waals surface area contributed by atoms with Gasteiger partial charge in [0.2, 0.25) is 0 Å². The van der Waals surface area contributed by atoms with Crippen LogP contribution in [0.2, 0.25) is 0 Å². The first-order chi connectivity index (χ1) is 14.6. The summed E-state index contributed by atoms with van der Waals surface area (Å²) in [6.07, 6.45) is 2.15. The number of rotatable bonds is 5. The number of hydrogen-bond donors (Lipinski definition) is 0. The Balaban J connectivity index is 1.29. The predicted octanol–water partition coefficient (Wildman–Crippen LogP) is 3.32. The minimum absolute atomic E-state index is 0.0415. The maximum absolute atomic E-state index is 14.0. The summed E-state index contributed by atoms with van der Waals surface area (Å²) in [6.45, 7) is 4.67. The molecule has 158 valence electrons. The highest BCUT2D eigenvalue weighted by molar-refractivity contribution is 7.80. The van der Waals surface area contributed by atoms with E-state index >= 15 is 0 Å². The number of anilines is 1. The topological polar surface area (TPSA) is 36.0 Å². The first kappa shape index (κ1) is 20.6. The van der Waals surface area contributed by atoms with Gasteiger partial charge in [-0.25, -0.2) is 4.39 Å². The highest BCUT2D eigenvalue weighted by Crippen LogP contribution is 2.21. The molecule has 0 unspecified atom stereocenters.